The first kappa shape index (κ1) is 10.8. The number of carbonyl (C=O) groups excluding carboxylic acids is 2. The third-order valence-electron chi connectivity index (χ3n) is 2.64. The van der Waals surface area contributed by atoms with E-state index in [1.54, 1.807) is 31.2 Å². The molecular formula is C12H12FNO2. The highest BCUT2D eigenvalue weighted by molar-refractivity contribution is 6.21. The highest BCUT2D eigenvalue weighted by Crippen LogP contribution is 2.23. The summed E-state index contributed by atoms with van der Waals surface area (Å²) in [7, 11) is 0. The van der Waals surface area contributed by atoms with Gasteiger partial charge in [-0.25, -0.2) is 0 Å². The first-order chi connectivity index (χ1) is 7.65. The smallest absolute Gasteiger partial charge is 0.261 e. The SMILES string of the molecule is CC(CF)CN1C(=O)c2ccccc2C1=O. The summed E-state index contributed by atoms with van der Waals surface area (Å²) in [4.78, 5) is 24.8. The van der Waals surface area contributed by atoms with Crippen molar-refractivity contribution < 1.29 is 14.0 Å². The molecule has 1 aromatic carbocycles. The Morgan fingerprint density at radius 1 is 1.19 bits per heavy atom. The summed E-state index contributed by atoms with van der Waals surface area (Å²) in [6, 6.07) is 6.67. The van der Waals surface area contributed by atoms with Crippen LogP contribution in [0.5, 0.6) is 0 Å². The number of alkyl halides is 1. The van der Waals surface area contributed by atoms with Crippen LogP contribution in [-0.4, -0.2) is 29.9 Å². The zero-order valence-electron chi connectivity index (χ0n) is 8.94. The number of benzene rings is 1. The maximum absolute atomic E-state index is 12.4. The molecule has 2 rings (SSSR count). The van der Waals surface area contributed by atoms with Crippen molar-refractivity contribution in [3.05, 3.63) is 35.4 Å². The summed E-state index contributed by atoms with van der Waals surface area (Å²) in [6.07, 6.45) is 0. The maximum atomic E-state index is 12.4. The van der Waals surface area contributed by atoms with Gasteiger partial charge in [0.15, 0.2) is 0 Å². The van der Waals surface area contributed by atoms with Gasteiger partial charge in [-0.15, -0.1) is 0 Å². The van der Waals surface area contributed by atoms with Crippen LogP contribution in [0.3, 0.4) is 0 Å². The molecule has 1 aliphatic heterocycles. The lowest BCUT2D eigenvalue weighted by molar-refractivity contribution is 0.0626. The normalized spacial score (nSPS) is 16.5. The second-order valence-electron chi connectivity index (χ2n) is 4.03. The van der Waals surface area contributed by atoms with Gasteiger partial charge in [-0.05, 0) is 12.1 Å². The number of halogens is 1. The molecule has 1 aromatic rings. The monoisotopic (exact) mass is 221 g/mol. The Hall–Kier alpha value is -1.71. The second-order valence-corrected chi connectivity index (χ2v) is 4.03. The number of carbonyl (C=O) groups is 2. The zero-order chi connectivity index (χ0) is 11.7. The van der Waals surface area contributed by atoms with Gasteiger partial charge >= 0.3 is 0 Å². The van der Waals surface area contributed by atoms with E-state index in [0.717, 1.165) is 4.90 Å². The zero-order valence-corrected chi connectivity index (χ0v) is 8.94. The fraction of sp³-hybridized carbons (Fsp3) is 0.333. The highest BCUT2D eigenvalue weighted by Gasteiger charge is 2.35. The van der Waals surface area contributed by atoms with Gasteiger partial charge in [0, 0.05) is 12.5 Å². The molecule has 1 heterocycles. The predicted molar refractivity (Wildman–Crippen MR) is 56.9 cm³/mol. The van der Waals surface area contributed by atoms with E-state index in [2.05, 4.69) is 0 Å². The molecule has 0 aromatic heterocycles. The van der Waals surface area contributed by atoms with Crippen molar-refractivity contribution in [2.75, 3.05) is 13.2 Å². The van der Waals surface area contributed by atoms with E-state index in [1.165, 1.54) is 0 Å². The number of amides is 2. The molecule has 2 amide bonds. The van der Waals surface area contributed by atoms with Gasteiger partial charge in [-0.1, -0.05) is 19.1 Å². The van der Waals surface area contributed by atoms with Gasteiger partial charge in [-0.3, -0.25) is 18.9 Å². The minimum absolute atomic E-state index is 0.142. The number of hydrogen-bond acceptors (Lipinski definition) is 2. The van der Waals surface area contributed by atoms with Gasteiger partial charge < -0.3 is 0 Å². The molecule has 1 aliphatic rings. The van der Waals surface area contributed by atoms with Crippen molar-refractivity contribution in [3.63, 3.8) is 0 Å². The molecule has 3 nitrogen and oxygen atoms in total. The summed E-state index contributed by atoms with van der Waals surface area (Å²) in [6.45, 7) is 1.28. The number of rotatable bonds is 3. The van der Waals surface area contributed by atoms with Gasteiger partial charge in [0.05, 0.1) is 17.8 Å². The van der Waals surface area contributed by atoms with E-state index in [4.69, 9.17) is 0 Å². The van der Waals surface area contributed by atoms with Crippen LogP contribution < -0.4 is 0 Å². The number of fused-ring (bicyclic) bond motifs is 1. The minimum Gasteiger partial charge on any atom is -0.274 e. The highest BCUT2D eigenvalue weighted by atomic mass is 19.1. The molecule has 4 heteroatoms. The fourth-order valence-corrected chi connectivity index (χ4v) is 1.77. The Morgan fingerprint density at radius 2 is 1.69 bits per heavy atom. The largest absolute Gasteiger partial charge is 0.274 e. The van der Waals surface area contributed by atoms with Crippen LogP contribution in [0.1, 0.15) is 27.6 Å². The first-order valence-corrected chi connectivity index (χ1v) is 5.16. The molecular weight excluding hydrogens is 209 g/mol. The summed E-state index contributed by atoms with van der Waals surface area (Å²) in [5.74, 6) is -0.955. The van der Waals surface area contributed by atoms with Crippen LogP contribution in [0.25, 0.3) is 0 Å². The van der Waals surface area contributed by atoms with Crippen LogP contribution in [0.4, 0.5) is 4.39 Å². The first-order valence-electron chi connectivity index (χ1n) is 5.16. The summed E-state index contributed by atoms with van der Waals surface area (Å²) in [5.41, 5.74) is 0.831. The number of hydrogen-bond donors (Lipinski definition) is 0. The quantitative estimate of drug-likeness (QED) is 0.731. The lowest BCUT2D eigenvalue weighted by Gasteiger charge is -2.16. The van der Waals surface area contributed by atoms with E-state index in [-0.39, 0.29) is 24.3 Å². The van der Waals surface area contributed by atoms with Crippen LogP contribution >= 0.6 is 0 Å². The topological polar surface area (TPSA) is 37.4 Å². The molecule has 84 valence electrons. The Bertz CT molecular complexity index is 409. The molecule has 0 bridgehead atoms. The van der Waals surface area contributed by atoms with Crippen LogP contribution in [0, 0.1) is 5.92 Å². The second kappa shape index (κ2) is 4.04. The minimum atomic E-state index is -0.534. The summed E-state index contributed by atoms with van der Waals surface area (Å²) < 4.78 is 12.4. The Balaban J connectivity index is 2.28. The molecule has 0 aliphatic carbocycles. The van der Waals surface area contributed by atoms with E-state index in [0.29, 0.717) is 11.1 Å². The summed E-state index contributed by atoms with van der Waals surface area (Å²) in [5, 5.41) is 0. The van der Waals surface area contributed by atoms with Crippen molar-refractivity contribution in [3.8, 4) is 0 Å². The Kier molecular flexibility index (Phi) is 2.73. The van der Waals surface area contributed by atoms with E-state index < -0.39 is 6.67 Å². The van der Waals surface area contributed by atoms with Crippen LogP contribution in [-0.2, 0) is 0 Å². The van der Waals surface area contributed by atoms with Crippen molar-refractivity contribution in [2.24, 2.45) is 5.92 Å². The average molecular weight is 221 g/mol. The Morgan fingerprint density at radius 3 is 2.12 bits per heavy atom. The van der Waals surface area contributed by atoms with Crippen molar-refractivity contribution >= 4 is 11.8 Å². The van der Waals surface area contributed by atoms with Crippen LogP contribution in [0.15, 0.2) is 24.3 Å². The maximum Gasteiger partial charge on any atom is 0.261 e. The standard InChI is InChI=1S/C12H12FNO2/c1-8(6-13)7-14-11(15)9-4-2-3-5-10(9)12(14)16/h2-5,8H,6-7H2,1H3. The lowest BCUT2D eigenvalue weighted by atomic mass is 10.1. The number of nitrogens with zero attached hydrogens (tertiary/aromatic N) is 1. The Labute approximate surface area is 92.9 Å². The molecule has 1 unspecified atom stereocenters. The van der Waals surface area contributed by atoms with E-state index >= 15 is 0 Å². The predicted octanol–water partition coefficient (Wildman–Crippen LogP) is 1.89. The average Bonchev–Trinajstić information content (AvgIpc) is 2.55. The van der Waals surface area contributed by atoms with Gasteiger partial charge in [0.1, 0.15) is 0 Å². The van der Waals surface area contributed by atoms with Gasteiger partial charge in [0.2, 0.25) is 0 Å². The fourth-order valence-electron chi connectivity index (χ4n) is 1.77. The molecule has 0 fully saturated rings. The molecule has 16 heavy (non-hydrogen) atoms. The van der Waals surface area contributed by atoms with Gasteiger partial charge in [-0.2, -0.15) is 0 Å². The molecule has 1 atom stereocenters. The molecule has 0 saturated carbocycles. The van der Waals surface area contributed by atoms with Crippen LogP contribution in [0.2, 0.25) is 0 Å². The molecule has 0 N–H and O–H groups in total. The van der Waals surface area contributed by atoms with Crippen molar-refractivity contribution in [1.82, 2.24) is 4.90 Å². The third-order valence-corrected chi connectivity index (χ3v) is 2.64. The molecule has 0 saturated heterocycles. The van der Waals surface area contributed by atoms with E-state index in [9.17, 15) is 14.0 Å². The number of imide groups is 1. The van der Waals surface area contributed by atoms with Crippen molar-refractivity contribution in [2.45, 2.75) is 6.92 Å². The molecule has 0 radical (unpaired) electrons. The summed E-state index contributed by atoms with van der Waals surface area (Å²) >= 11 is 0. The van der Waals surface area contributed by atoms with Crippen molar-refractivity contribution in [1.29, 1.82) is 0 Å². The van der Waals surface area contributed by atoms with Gasteiger partial charge in [0.25, 0.3) is 11.8 Å². The van der Waals surface area contributed by atoms with E-state index in [1.807, 2.05) is 0 Å². The molecule has 0 spiro atoms. The lowest BCUT2D eigenvalue weighted by Crippen LogP contribution is -2.34. The third kappa shape index (κ3) is 1.60.